The number of benzene rings is 4. The molecule has 0 radical (unpaired) electrons. The van der Waals surface area contributed by atoms with Gasteiger partial charge in [0.15, 0.2) is 11.5 Å². The molecule has 0 spiro atoms. The zero-order valence-electron chi connectivity index (χ0n) is 26.6. The van der Waals surface area contributed by atoms with Gasteiger partial charge < -0.3 is 24.0 Å². The summed E-state index contributed by atoms with van der Waals surface area (Å²) in [5, 5.41) is 0. The molecule has 4 aromatic carbocycles. The highest BCUT2D eigenvalue weighted by Crippen LogP contribution is 2.43. The van der Waals surface area contributed by atoms with Gasteiger partial charge in [0.05, 0.1) is 38.5 Å². The van der Waals surface area contributed by atoms with Crippen LogP contribution in [0.15, 0.2) is 94.7 Å². The molecule has 0 N–H and O–H groups in total. The molecule has 2 heterocycles. The van der Waals surface area contributed by atoms with Crippen LogP contribution in [0, 0.1) is 5.82 Å². The molecule has 10 heteroatoms. The van der Waals surface area contributed by atoms with Gasteiger partial charge in [0, 0.05) is 48.7 Å². The van der Waals surface area contributed by atoms with Crippen molar-refractivity contribution in [2.75, 3.05) is 52.4 Å². The fourth-order valence-corrected chi connectivity index (χ4v) is 6.94. The first-order valence-corrected chi connectivity index (χ1v) is 16.1. The molecule has 0 aliphatic carbocycles. The number of fused-ring (bicyclic) bond motifs is 1. The van der Waals surface area contributed by atoms with Crippen LogP contribution in [0.2, 0.25) is 0 Å². The molecule has 2 amide bonds. The summed E-state index contributed by atoms with van der Waals surface area (Å²) in [6, 6.07) is 25.2. The molecule has 2 aliphatic heterocycles. The molecule has 0 saturated carbocycles. The van der Waals surface area contributed by atoms with E-state index in [9.17, 15) is 14.0 Å². The summed E-state index contributed by atoms with van der Waals surface area (Å²) in [6.07, 6.45) is 1.86. The number of rotatable bonds is 9. The van der Waals surface area contributed by atoms with Crippen LogP contribution in [-0.2, 0) is 17.9 Å². The molecular weight excluding hydrogens is 617 g/mol. The first-order chi connectivity index (χ1) is 22.9. The van der Waals surface area contributed by atoms with Crippen molar-refractivity contribution in [1.29, 1.82) is 0 Å². The summed E-state index contributed by atoms with van der Waals surface area (Å²) in [6.45, 7) is 3.66. The highest BCUT2D eigenvalue weighted by atomic mass is 32.2. The fourth-order valence-electron chi connectivity index (χ4n) is 5.89. The van der Waals surface area contributed by atoms with Gasteiger partial charge in [-0.25, -0.2) is 4.39 Å². The molecule has 6 rings (SSSR count). The third kappa shape index (κ3) is 6.99. The standard InChI is InChI=1S/C37H36FN3O5S/c1-44-31-17-14-28(34(45-2)35(31)46-3)24-39-18-20-40(21-19-39)36(42)27-12-8-25(9-13-27)22-33-37(43)41(23-26-10-15-29(38)16-11-26)30-6-4-5-7-32(30)47-33/h4-17,22H,18-21,23-24H2,1-3H3. The second-order valence-electron chi connectivity index (χ2n) is 11.3. The summed E-state index contributed by atoms with van der Waals surface area (Å²) >= 11 is 1.43. The van der Waals surface area contributed by atoms with Gasteiger partial charge in [-0.1, -0.05) is 54.2 Å². The average Bonchev–Trinajstić information content (AvgIpc) is 3.11. The number of anilines is 1. The Hall–Kier alpha value is -4.80. The van der Waals surface area contributed by atoms with E-state index in [4.69, 9.17) is 14.2 Å². The van der Waals surface area contributed by atoms with E-state index in [0.29, 0.717) is 53.9 Å². The zero-order chi connectivity index (χ0) is 32.9. The Morgan fingerprint density at radius 2 is 1.51 bits per heavy atom. The van der Waals surface area contributed by atoms with Crippen molar-refractivity contribution in [3.63, 3.8) is 0 Å². The lowest BCUT2D eigenvalue weighted by molar-refractivity contribution is -0.114. The lowest BCUT2D eigenvalue weighted by atomic mass is 10.1. The maximum atomic E-state index is 13.7. The second-order valence-corrected chi connectivity index (χ2v) is 12.4. The maximum Gasteiger partial charge on any atom is 0.265 e. The number of methoxy groups -OCH3 is 3. The van der Waals surface area contributed by atoms with Gasteiger partial charge >= 0.3 is 0 Å². The Morgan fingerprint density at radius 1 is 0.809 bits per heavy atom. The normalized spacial score (nSPS) is 15.8. The molecule has 242 valence electrons. The van der Waals surface area contributed by atoms with Crippen LogP contribution in [0.5, 0.6) is 17.2 Å². The van der Waals surface area contributed by atoms with E-state index in [-0.39, 0.29) is 17.6 Å². The second kappa shape index (κ2) is 14.3. The minimum Gasteiger partial charge on any atom is -0.493 e. The highest BCUT2D eigenvalue weighted by molar-refractivity contribution is 8.04. The van der Waals surface area contributed by atoms with Gasteiger partial charge in [0.1, 0.15) is 5.82 Å². The number of halogens is 1. The number of thioether (sulfide) groups is 1. The molecule has 8 nitrogen and oxygen atoms in total. The van der Waals surface area contributed by atoms with E-state index in [2.05, 4.69) is 4.90 Å². The van der Waals surface area contributed by atoms with Crippen LogP contribution >= 0.6 is 11.8 Å². The number of ether oxygens (including phenoxy) is 3. The summed E-state index contributed by atoms with van der Waals surface area (Å²) in [5.74, 6) is 1.38. The van der Waals surface area contributed by atoms with Crippen molar-refractivity contribution in [2.24, 2.45) is 0 Å². The Morgan fingerprint density at radius 3 is 2.19 bits per heavy atom. The molecule has 1 saturated heterocycles. The van der Waals surface area contributed by atoms with Crippen molar-refractivity contribution >= 4 is 35.3 Å². The Kier molecular flexibility index (Phi) is 9.79. The first-order valence-electron chi connectivity index (χ1n) is 15.3. The molecular formula is C37H36FN3O5S. The number of hydrogen-bond acceptors (Lipinski definition) is 7. The maximum absolute atomic E-state index is 13.7. The highest BCUT2D eigenvalue weighted by Gasteiger charge is 2.29. The molecule has 0 bridgehead atoms. The third-order valence-corrected chi connectivity index (χ3v) is 9.46. The van der Waals surface area contributed by atoms with Crippen molar-refractivity contribution in [3.8, 4) is 17.2 Å². The van der Waals surface area contributed by atoms with Crippen LogP contribution in [0.1, 0.15) is 27.0 Å². The largest absolute Gasteiger partial charge is 0.493 e. The summed E-state index contributed by atoms with van der Waals surface area (Å²) in [7, 11) is 4.81. The minimum atomic E-state index is -0.313. The Labute approximate surface area is 278 Å². The predicted octanol–water partition coefficient (Wildman–Crippen LogP) is 6.49. The van der Waals surface area contributed by atoms with Crippen molar-refractivity contribution in [3.05, 3.63) is 118 Å². The van der Waals surface area contributed by atoms with Crippen LogP contribution in [0.25, 0.3) is 6.08 Å². The first kappa shape index (κ1) is 32.2. The van der Waals surface area contributed by atoms with E-state index in [1.165, 1.54) is 23.9 Å². The van der Waals surface area contributed by atoms with Gasteiger partial charge in [-0.3, -0.25) is 14.5 Å². The van der Waals surface area contributed by atoms with E-state index in [1.54, 1.807) is 38.4 Å². The smallest absolute Gasteiger partial charge is 0.265 e. The molecule has 4 aromatic rings. The number of carbonyl (C=O) groups excluding carboxylic acids is 2. The van der Waals surface area contributed by atoms with Crippen molar-refractivity contribution in [1.82, 2.24) is 9.80 Å². The van der Waals surface area contributed by atoms with Gasteiger partial charge in [-0.15, -0.1) is 0 Å². The number of nitrogens with zero attached hydrogens (tertiary/aromatic N) is 3. The van der Waals surface area contributed by atoms with E-state index >= 15 is 0 Å². The topological polar surface area (TPSA) is 71.6 Å². The summed E-state index contributed by atoms with van der Waals surface area (Å²) < 4.78 is 30.1. The minimum absolute atomic E-state index is 0.0185. The van der Waals surface area contributed by atoms with Gasteiger partial charge in [-0.2, -0.15) is 0 Å². The number of piperazine rings is 1. The molecule has 2 aliphatic rings. The Balaban J connectivity index is 1.11. The van der Waals surface area contributed by atoms with Gasteiger partial charge in [0.2, 0.25) is 5.75 Å². The van der Waals surface area contributed by atoms with Gasteiger partial charge in [-0.05, 0) is 59.7 Å². The lowest BCUT2D eigenvalue weighted by Gasteiger charge is -2.35. The van der Waals surface area contributed by atoms with E-state index in [1.807, 2.05) is 71.6 Å². The number of para-hydroxylation sites is 1. The predicted molar refractivity (Wildman–Crippen MR) is 182 cm³/mol. The molecule has 0 unspecified atom stereocenters. The molecule has 47 heavy (non-hydrogen) atoms. The monoisotopic (exact) mass is 653 g/mol. The van der Waals surface area contributed by atoms with E-state index < -0.39 is 0 Å². The Bertz CT molecular complexity index is 1790. The number of amides is 2. The van der Waals surface area contributed by atoms with Crippen LogP contribution in [0.4, 0.5) is 10.1 Å². The fraction of sp³-hybridized carbons (Fsp3) is 0.243. The third-order valence-electron chi connectivity index (χ3n) is 8.38. The van der Waals surface area contributed by atoms with Crippen LogP contribution in [0.3, 0.4) is 0 Å². The number of hydrogen-bond donors (Lipinski definition) is 0. The summed E-state index contributed by atoms with van der Waals surface area (Å²) in [4.78, 5) is 34.5. The molecule has 1 fully saturated rings. The number of carbonyl (C=O) groups is 2. The van der Waals surface area contributed by atoms with Crippen molar-refractivity contribution in [2.45, 2.75) is 18.0 Å². The van der Waals surface area contributed by atoms with E-state index in [0.717, 1.165) is 40.4 Å². The van der Waals surface area contributed by atoms with Crippen LogP contribution in [-0.4, -0.2) is 69.1 Å². The molecule has 0 atom stereocenters. The van der Waals surface area contributed by atoms with Gasteiger partial charge in [0.25, 0.3) is 11.8 Å². The zero-order valence-corrected chi connectivity index (χ0v) is 27.4. The SMILES string of the molecule is COc1ccc(CN2CCN(C(=O)c3ccc(C=C4Sc5ccccc5N(Cc5ccc(F)cc5)C4=O)cc3)CC2)c(OC)c1OC. The average molecular weight is 654 g/mol. The quantitative estimate of drug-likeness (QED) is 0.191. The van der Waals surface area contributed by atoms with Crippen molar-refractivity contribution < 1.29 is 28.2 Å². The molecule has 0 aromatic heterocycles. The lowest BCUT2D eigenvalue weighted by Crippen LogP contribution is -2.48. The summed E-state index contributed by atoms with van der Waals surface area (Å²) in [5.41, 5.74) is 4.09. The van der Waals surface area contributed by atoms with Crippen LogP contribution < -0.4 is 19.1 Å².